The van der Waals surface area contributed by atoms with Crippen LogP contribution >= 0.6 is 0 Å². The van der Waals surface area contributed by atoms with Crippen LogP contribution in [-0.4, -0.2) is 12.8 Å². The first-order valence-corrected chi connectivity index (χ1v) is 4.53. The van der Waals surface area contributed by atoms with Crippen molar-refractivity contribution in [3.05, 3.63) is 36.5 Å². The van der Waals surface area contributed by atoms with Crippen molar-refractivity contribution in [3.63, 3.8) is 0 Å². The summed E-state index contributed by atoms with van der Waals surface area (Å²) >= 11 is 0. The maximum Gasteiger partial charge on any atom is 0.135 e. The number of hydrogen-bond donors (Lipinski definition) is 0. The molecule has 0 heterocycles. The minimum Gasteiger partial charge on any atom is -0.392 e. The smallest absolute Gasteiger partial charge is 0.135 e. The highest BCUT2D eigenvalue weighted by atomic mass is 16.6. The van der Waals surface area contributed by atoms with E-state index in [0.29, 0.717) is 6.61 Å². The maximum absolute atomic E-state index is 4.87. The number of nitrogens with zero attached hydrogens (tertiary/aromatic N) is 1. The fourth-order valence-corrected chi connectivity index (χ4v) is 1.11. The van der Waals surface area contributed by atoms with Gasteiger partial charge in [-0.1, -0.05) is 36.0 Å². The average Bonchev–Trinajstić information content (AvgIpc) is 2.19. The first-order valence-electron chi connectivity index (χ1n) is 4.53. The summed E-state index contributed by atoms with van der Waals surface area (Å²) in [6.07, 6.45) is 13.2. The Morgan fingerprint density at radius 1 is 1.54 bits per heavy atom. The summed E-state index contributed by atoms with van der Waals surface area (Å²) in [5.74, 6) is 0. The average molecular weight is 177 g/mol. The largest absolute Gasteiger partial charge is 0.392 e. The van der Waals surface area contributed by atoms with Gasteiger partial charge in [0.1, 0.15) is 6.61 Å². The minimum atomic E-state index is 0.478. The molecule has 0 spiro atoms. The molecule has 2 heteroatoms. The molecule has 0 aromatic rings. The third kappa shape index (κ3) is 4.31. The Kier molecular flexibility index (Phi) is 4.69. The third-order valence-corrected chi connectivity index (χ3v) is 1.74. The van der Waals surface area contributed by atoms with Crippen molar-refractivity contribution in [3.8, 4) is 0 Å². The molecule has 0 N–H and O–H groups in total. The summed E-state index contributed by atoms with van der Waals surface area (Å²) in [6, 6.07) is 0. The fourth-order valence-electron chi connectivity index (χ4n) is 1.11. The summed E-state index contributed by atoms with van der Waals surface area (Å²) in [5.41, 5.74) is 1.32. The molecule has 0 aliphatic heterocycles. The Balaban J connectivity index is 2.17. The van der Waals surface area contributed by atoms with Gasteiger partial charge in [-0.15, -0.1) is 0 Å². The molecule has 0 saturated heterocycles. The normalized spacial score (nSPS) is 15.8. The predicted octanol–water partition coefficient (Wildman–Crippen LogP) is 2.84. The van der Waals surface area contributed by atoms with Gasteiger partial charge in [-0.3, -0.25) is 0 Å². The highest BCUT2D eigenvalue weighted by molar-refractivity contribution is 5.61. The summed E-state index contributed by atoms with van der Waals surface area (Å²) in [5, 5.41) is 3.78. The summed E-state index contributed by atoms with van der Waals surface area (Å²) in [4.78, 5) is 4.87. The lowest BCUT2D eigenvalue weighted by Crippen LogP contribution is -1.87. The maximum atomic E-state index is 4.87. The highest BCUT2D eigenvalue weighted by Gasteiger charge is 1.94. The van der Waals surface area contributed by atoms with Gasteiger partial charge in [0.2, 0.25) is 0 Å². The second-order valence-electron chi connectivity index (χ2n) is 2.84. The van der Waals surface area contributed by atoms with Crippen LogP contribution in [0, 0.1) is 0 Å². The molecule has 0 unspecified atom stereocenters. The van der Waals surface area contributed by atoms with Crippen LogP contribution in [0.1, 0.15) is 19.3 Å². The second-order valence-corrected chi connectivity index (χ2v) is 2.84. The molecule has 0 bridgehead atoms. The van der Waals surface area contributed by atoms with Crippen molar-refractivity contribution >= 4 is 6.21 Å². The Labute approximate surface area is 79.3 Å². The molecule has 1 aliphatic rings. The Hall–Kier alpha value is -1.31. The molecule has 0 fully saturated rings. The van der Waals surface area contributed by atoms with Crippen LogP contribution in [0.5, 0.6) is 0 Å². The van der Waals surface area contributed by atoms with E-state index in [9.17, 15) is 0 Å². The van der Waals surface area contributed by atoms with Crippen molar-refractivity contribution in [2.75, 3.05) is 6.61 Å². The van der Waals surface area contributed by atoms with Crippen LogP contribution in [0.15, 0.2) is 41.6 Å². The van der Waals surface area contributed by atoms with Crippen molar-refractivity contribution in [1.82, 2.24) is 0 Å². The highest BCUT2D eigenvalue weighted by Crippen LogP contribution is 2.11. The standard InChI is InChI=1S/C11H15NO/c1-2-10-13-12-9-8-11-6-4-3-5-7-11/h2,4,6-7,9H,1,3,5,8,10H2. The number of allylic oxidation sites excluding steroid dienone is 4. The van der Waals surface area contributed by atoms with Gasteiger partial charge < -0.3 is 4.84 Å². The lowest BCUT2D eigenvalue weighted by Gasteiger charge is -2.02. The van der Waals surface area contributed by atoms with E-state index in [0.717, 1.165) is 19.3 Å². The van der Waals surface area contributed by atoms with E-state index in [1.807, 2.05) is 0 Å². The molecular formula is C11H15NO. The molecule has 0 atom stereocenters. The SMILES string of the molecule is C=CCON=CCC1=CCCC=C1. The zero-order valence-electron chi connectivity index (χ0n) is 7.78. The van der Waals surface area contributed by atoms with Crippen LogP contribution in [0.2, 0.25) is 0 Å². The van der Waals surface area contributed by atoms with Crippen molar-refractivity contribution < 1.29 is 4.84 Å². The van der Waals surface area contributed by atoms with Crippen molar-refractivity contribution in [1.29, 1.82) is 0 Å². The molecule has 1 rings (SSSR count). The zero-order chi connectivity index (χ0) is 9.36. The van der Waals surface area contributed by atoms with Gasteiger partial charge in [-0.25, -0.2) is 0 Å². The van der Waals surface area contributed by atoms with E-state index in [1.54, 1.807) is 12.3 Å². The van der Waals surface area contributed by atoms with Gasteiger partial charge in [0, 0.05) is 12.6 Å². The van der Waals surface area contributed by atoms with Crippen LogP contribution in [0.25, 0.3) is 0 Å². The molecule has 1 aliphatic carbocycles. The Morgan fingerprint density at radius 3 is 3.15 bits per heavy atom. The summed E-state index contributed by atoms with van der Waals surface area (Å²) in [7, 11) is 0. The number of hydrogen-bond acceptors (Lipinski definition) is 2. The molecule has 0 radical (unpaired) electrons. The van der Waals surface area contributed by atoms with E-state index < -0.39 is 0 Å². The molecule has 0 aromatic heterocycles. The van der Waals surface area contributed by atoms with Crippen LogP contribution in [-0.2, 0) is 4.84 Å². The summed E-state index contributed by atoms with van der Waals surface area (Å²) < 4.78 is 0. The third-order valence-electron chi connectivity index (χ3n) is 1.74. The van der Waals surface area contributed by atoms with Gasteiger partial charge in [0.15, 0.2) is 0 Å². The molecule has 13 heavy (non-hydrogen) atoms. The monoisotopic (exact) mass is 177 g/mol. The number of rotatable bonds is 5. The minimum absolute atomic E-state index is 0.478. The molecule has 2 nitrogen and oxygen atoms in total. The Bertz CT molecular complexity index is 238. The van der Waals surface area contributed by atoms with Gasteiger partial charge >= 0.3 is 0 Å². The van der Waals surface area contributed by atoms with Gasteiger partial charge in [0.25, 0.3) is 0 Å². The molecule has 0 saturated carbocycles. The topological polar surface area (TPSA) is 21.6 Å². The lowest BCUT2D eigenvalue weighted by molar-refractivity contribution is 0.176. The van der Waals surface area contributed by atoms with E-state index in [1.165, 1.54) is 5.57 Å². The van der Waals surface area contributed by atoms with Gasteiger partial charge in [0.05, 0.1) is 0 Å². The van der Waals surface area contributed by atoms with Crippen molar-refractivity contribution in [2.45, 2.75) is 19.3 Å². The van der Waals surface area contributed by atoms with Crippen LogP contribution in [0.3, 0.4) is 0 Å². The van der Waals surface area contributed by atoms with Crippen molar-refractivity contribution in [2.24, 2.45) is 5.16 Å². The quantitative estimate of drug-likeness (QED) is 0.274. The molecular weight excluding hydrogens is 162 g/mol. The van der Waals surface area contributed by atoms with E-state index in [4.69, 9.17) is 4.84 Å². The summed E-state index contributed by atoms with van der Waals surface area (Å²) in [6.45, 7) is 4.00. The second kappa shape index (κ2) is 6.23. The molecule has 0 aromatic carbocycles. The van der Waals surface area contributed by atoms with Gasteiger partial charge in [-0.2, -0.15) is 0 Å². The Morgan fingerprint density at radius 2 is 2.46 bits per heavy atom. The fraction of sp³-hybridized carbons (Fsp3) is 0.364. The molecule has 0 amide bonds. The van der Waals surface area contributed by atoms with Crippen LogP contribution in [0.4, 0.5) is 0 Å². The number of oxime groups is 1. The zero-order valence-corrected chi connectivity index (χ0v) is 7.78. The van der Waals surface area contributed by atoms with E-state index >= 15 is 0 Å². The van der Waals surface area contributed by atoms with E-state index in [-0.39, 0.29) is 0 Å². The lowest BCUT2D eigenvalue weighted by atomic mass is 10.1. The predicted molar refractivity (Wildman–Crippen MR) is 55.7 cm³/mol. The first kappa shape index (κ1) is 9.78. The van der Waals surface area contributed by atoms with Gasteiger partial charge in [-0.05, 0) is 18.4 Å². The first-order chi connectivity index (χ1) is 6.43. The van der Waals surface area contributed by atoms with E-state index in [2.05, 4.69) is 30.0 Å². The van der Waals surface area contributed by atoms with Crippen LogP contribution < -0.4 is 0 Å². The molecule has 70 valence electrons.